The highest BCUT2D eigenvalue weighted by atomic mass is 32.1. The summed E-state index contributed by atoms with van der Waals surface area (Å²) < 4.78 is 5.47. The van der Waals surface area contributed by atoms with Gasteiger partial charge in [0.05, 0.1) is 6.10 Å². The molecule has 1 aromatic heterocycles. The van der Waals surface area contributed by atoms with E-state index < -0.39 is 0 Å². The van der Waals surface area contributed by atoms with Gasteiger partial charge in [-0.1, -0.05) is 0 Å². The molecule has 96 valence electrons. The van der Waals surface area contributed by atoms with Crippen LogP contribution >= 0.6 is 11.3 Å². The van der Waals surface area contributed by atoms with Gasteiger partial charge in [0.15, 0.2) is 0 Å². The van der Waals surface area contributed by atoms with Crippen LogP contribution in [0.1, 0.15) is 38.2 Å². The van der Waals surface area contributed by atoms with Crippen molar-refractivity contribution in [3.63, 3.8) is 0 Å². The Balaban J connectivity index is 1.76. The number of nitrogens with one attached hydrogen (secondary N) is 1. The molecule has 0 saturated heterocycles. The summed E-state index contributed by atoms with van der Waals surface area (Å²) in [6, 6.07) is 3.43. The lowest BCUT2D eigenvalue weighted by atomic mass is 9.92. The maximum Gasteiger partial charge on any atom is 0.0586 e. The summed E-state index contributed by atoms with van der Waals surface area (Å²) >= 11 is 1.78. The molecule has 1 aliphatic rings. The van der Waals surface area contributed by atoms with Crippen molar-refractivity contribution in [3.05, 3.63) is 22.4 Å². The number of ether oxygens (including phenoxy) is 1. The molecule has 2 nitrogen and oxygen atoms in total. The van der Waals surface area contributed by atoms with Crippen molar-refractivity contribution in [2.75, 3.05) is 7.11 Å². The minimum Gasteiger partial charge on any atom is -0.381 e. The number of rotatable bonds is 5. The van der Waals surface area contributed by atoms with E-state index in [0.717, 1.165) is 6.42 Å². The smallest absolute Gasteiger partial charge is 0.0586 e. The van der Waals surface area contributed by atoms with Gasteiger partial charge in [-0.2, -0.15) is 11.3 Å². The van der Waals surface area contributed by atoms with Crippen molar-refractivity contribution in [1.82, 2.24) is 5.32 Å². The molecule has 0 aromatic carbocycles. The monoisotopic (exact) mass is 253 g/mol. The fraction of sp³-hybridized carbons (Fsp3) is 0.714. The number of methoxy groups -OCH3 is 1. The van der Waals surface area contributed by atoms with Gasteiger partial charge in [0.2, 0.25) is 0 Å². The van der Waals surface area contributed by atoms with E-state index in [4.69, 9.17) is 4.74 Å². The summed E-state index contributed by atoms with van der Waals surface area (Å²) in [5, 5.41) is 8.15. The van der Waals surface area contributed by atoms with Crippen molar-refractivity contribution in [3.8, 4) is 0 Å². The van der Waals surface area contributed by atoms with Crippen LogP contribution in [0.25, 0.3) is 0 Å². The minimum absolute atomic E-state index is 0.467. The van der Waals surface area contributed by atoms with Gasteiger partial charge >= 0.3 is 0 Å². The van der Waals surface area contributed by atoms with Crippen LogP contribution in [0.4, 0.5) is 0 Å². The standard InChI is InChI=1S/C14H23NOS/c1-11(8-12-6-7-17-10-12)15-13-4-3-5-14(9-13)16-2/h6-7,10-11,13-15H,3-5,8-9H2,1-2H3. The van der Waals surface area contributed by atoms with Crippen molar-refractivity contribution in [2.24, 2.45) is 0 Å². The largest absolute Gasteiger partial charge is 0.381 e. The minimum atomic E-state index is 0.467. The molecule has 1 aliphatic carbocycles. The predicted octanol–water partition coefficient (Wildman–Crippen LogP) is 3.23. The Hall–Kier alpha value is -0.380. The van der Waals surface area contributed by atoms with E-state index in [2.05, 4.69) is 29.1 Å². The van der Waals surface area contributed by atoms with Gasteiger partial charge in [0.1, 0.15) is 0 Å². The summed E-state index contributed by atoms with van der Waals surface area (Å²) in [6.07, 6.45) is 6.60. The maximum absolute atomic E-state index is 5.47. The van der Waals surface area contributed by atoms with Gasteiger partial charge in [0.25, 0.3) is 0 Å². The van der Waals surface area contributed by atoms with Gasteiger partial charge in [0, 0.05) is 19.2 Å². The Morgan fingerprint density at radius 1 is 1.53 bits per heavy atom. The lowest BCUT2D eigenvalue weighted by Gasteiger charge is -2.31. The Bertz CT molecular complexity index is 312. The number of thiophene rings is 1. The first kappa shape index (κ1) is 13.1. The first-order valence-electron chi connectivity index (χ1n) is 6.58. The van der Waals surface area contributed by atoms with Crippen LogP contribution in [0.2, 0.25) is 0 Å². The van der Waals surface area contributed by atoms with E-state index in [9.17, 15) is 0 Å². The van der Waals surface area contributed by atoms with Crippen LogP contribution < -0.4 is 5.32 Å². The molecule has 3 atom stereocenters. The quantitative estimate of drug-likeness (QED) is 0.870. The molecule has 1 heterocycles. The molecule has 2 rings (SSSR count). The molecule has 3 heteroatoms. The third-order valence-corrected chi connectivity index (χ3v) is 4.33. The van der Waals surface area contributed by atoms with Crippen molar-refractivity contribution in [1.29, 1.82) is 0 Å². The highest BCUT2D eigenvalue weighted by Crippen LogP contribution is 2.21. The van der Waals surface area contributed by atoms with E-state index in [0.29, 0.717) is 18.2 Å². The first-order chi connectivity index (χ1) is 8.28. The van der Waals surface area contributed by atoms with Crippen molar-refractivity contribution in [2.45, 2.75) is 57.2 Å². The fourth-order valence-electron chi connectivity index (χ4n) is 2.73. The molecular formula is C14H23NOS. The fourth-order valence-corrected chi connectivity index (χ4v) is 3.42. The molecule has 0 amide bonds. The Labute approximate surface area is 108 Å². The summed E-state index contributed by atoms with van der Waals surface area (Å²) in [5.41, 5.74) is 1.45. The maximum atomic E-state index is 5.47. The second-order valence-electron chi connectivity index (χ2n) is 5.12. The van der Waals surface area contributed by atoms with Crippen LogP contribution in [-0.4, -0.2) is 25.3 Å². The first-order valence-corrected chi connectivity index (χ1v) is 7.52. The third kappa shape index (κ3) is 4.09. The number of hydrogen-bond donors (Lipinski definition) is 1. The second-order valence-corrected chi connectivity index (χ2v) is 5.90. The summed E-state index contributed by atoms with van der Waals surface area (Å²) in [7, 11) is 1.84. The average molecular weight is 253 g/mol. The zero-order valence-electron chi connectivity index (χ0n) is 10.8. The molecule has 3 unspecified atom stereocenters. The molecule has 1 fully saturated rings. The van der Waals surface area contributed by atoms with Crippen LogP contribution in [-0.2, 0) is 11.2 Å². The Morgan fingerprint density at radius 3 is 3.12 bits per heavy atom. The molecule has 0 aliphatic heterocycles. The van der Waals surface area contributed by atoms with Crippen molar-refractivity contribution < 1.29 is 4.74 Å². The van der Waals surface area contributed by atoms with E-state index in [1.807, 2.05) is 7.11 Å². The summed E-state index contributed by atoms with van der Waals surface area (Å²) in [5.74, 6) is 0. The lowest BCUT2D eigenvalue weighted by molar-refractivity contribution is 0.0573. The molecule has 0 radical (unpaired) electrons. The second kappa shape index (κ2) is 6.53. The van der Waals surface area contributed by atoms with Crippen LogP contribution in [0.3, 0.4) is 0 Å². The van der Waals surface area contributed by atoms with Crippen molar-refractivity contribution >= 4 is 11.3 Å². The molecule has 1 aromatic rings. The van der Waals surface area contributed by atoms with Gasteiger partial charge < -0.3 is 10.1 Å². The highest BCUT2D eigenvalue weighted by molar-refractivity contribution is 7.07. The highest BCUT2D eigenvalue weighted by Gasteiger charge is 2.22. The van der Waals surface area contributed by atoms with E-state index in [1.165, 1.54) is 31.2 Å². The molecule has 0 bridgehead atoms. The normalized spacial score (nSPS) is 26.9. The Kier molecular flexibility index (Phi) is 5.01. The SMILES string of the molecule is COC1CCCC(NC(C)Cc2ccsc2)C1. The Morgan fingerprint density at radius 2 is 2.41 bits per heavy atom. The predicted molar refractivity (Wildman–Crippen MR) is 73.7 cm³/mol. The van der Waals surface area contributed by atoms with E-state index in [1.54, 1.807) is 11.3 Å². The van der Waals surface area contributed by atoms with E-state index in [-0.39, 0.29) is 0 Å². The third-order valence-electron chi connectivity index (χ3n) is 3.60. The van der Waals surface area contributed by atoms with Crippen LogP contribution in [0.15, 0.2) is 16.8 Å². The average Bonchev–Trinajstić information content (AvgIpc) is 2.82. The molecule has 17 heavy (non-hydrogen) atoms. The summed E-state index contributed by atoms with van der Waals surface area (Å²) in [6.45, 7) is 2.29. The topological polar surface area (TPSA) is 21.3 Å². The molecule has 1 N–H and O–H groups in total. The van der Waals surface area contributed by atoms with Crippen LogP contribution in [0.5, 0.6) is 0 Å². The van der Waals surface area contributed by atoms with E-state index >= 15 is 0 Å². The van der Waals surface area contributed by atoms with Gasteiger partial charge in [-0.15, -0.1) is 0 Å². The number of hydrogen-bond acceptors (Lipinski definition) is 3. The van der Waals surface area contributed by atoms with Gasteiger partial charge in [-0.05, 0) is 61.4 Å². The molecular weight excluding hydrogens is 230 g/mol. The summed E-state index contributed by atoms with van der Waals surface area (Å²) in [4.78, 5) is 0. The molecule has 0 spiro atoms. The molecule has 1 saturated carbocycles. The van der Waals surface area contributed by atoms with Crippen LogP contribution in [0, 0.1) is 0 Å². The van der Waals surface area contributed by atoms with Gasteiger partial charge in [-0.3, -0.25) is 0 Å². The lowest BCUT2D eigenvalue weighted by Crippen LogP contribution is -2.42. The zero-order valence-corrected chi connectivity index (χ0v) is 11.6. The zero-order chi connectivity index (χ0) is 12.1. The van der Waals surface area contributed by atoms with Gasteiger partial charge in [-0.25, -0.2) is 0 Å².